The van der Waals surface area contributed by atoms with E-state index in [0.29, 0.717) is 12.8 Å². The van der Waals surface area contributed by atoms with Crippen LogP contribution in [0.25, 0.3) is 0 Å². The van der Waals surface area contributed by atoms with Crippen LogP contribution in [-0.4, -0.2) is 36.9 Å². The van der Waals surface area contributed by atoms with Crippen molar-refractivity contribution in [2.45, 2.75) is 33.4 Å². The molecule has 0 aliphatic rings. The molecule has 0 saturated heterocycles. The number of halogens is 2. The minimum Gasteiger partial charge on any atom is -0.468 e. The third kappa shape index (κ3) is 7.24. The van der Waals surface area contributed by atoms with E-state index in [1.807, 2.05) is 48.5 Å². The molecule has 4 nitrogen and oxygen atoms in total. The Labute approximate surface area is 182 Å². The van der Waals surface area contributed by atoms with Gasteiger partial charge in [-0.2, -0.15) is 0 Å². The second-order valence-electron chi connectivity index (χ2n) is 5.84. The number of carbonyl (C=O) groups excluding carboxylic acids is 2. The summed E-state index contributed by atoms with van der Waals surface area (Å²) in [5.74, 6) is -0.850. The first-order chi connectivity index (χ1) is 13.4. The summed E-state index contributed by atoms with van der Waals surface area (Å²) >= 11 is 12.0. The van der Waals surface area contributed by atoms with Gasteiger partial charge in [0.1, 0.15) is 10.8 Å². The van der Waals surface area contributed by atoms with E-state index in [2.05, 4.69) is 9.47 Å². The van der Waals surface area contributed by atoms with Crippen molar-refractivity contribution in [1.82, 2.24) is 0 Å². The lowest BCUT2D eigenvalue weighted by Crippen LogP contribution is -2.18. The van der Waals surface area contributed by atoms with Crippen molar-refractivity contribution in [3.8, 4) is 0 Å². The average Bonchev–Trinajstić information content (AvgIpc) is 2.72. The fourth-order valence-electron chi connectivity index (χ4n) is 2.29. The van der Waals surface area contributed by atoms with Crippen molar-refractivity contribution in [3.63, 3.8) is 0 Å². The van der Waals surface area contributed by atoms with Crippen LogP contribution in [0.3, 0.4) is 0 Å². The standard InChI is InChI=1S/C20H20Cl2O4S2/c1-25-19(23)17(21)11-13-3-7-15(8-4-13)27-28-16-9-5-14(6-10-16)12-18(22)20(24)26-2/h3-10,17-18H,11-12H2,1-2H3. The molecule has 150 valence electrons. The smallest absolute Gasteiger partial charge is 0.324 e. The van der Waals surface area contributed by atoms with E-state index in [1.54, 1.807) is 21.6 Å². The molecule has 0 aliphatic heterocycles. The highest BCUT2D eigenvalue weighted by molar-refractivity contribution is 8.76. The predicted molar refractivity (Wildman–Crippen MR) is 115 cm³/mol. The second-order valence-corrected chi connectivity index (χ2v) is 9.17. The molecule has 0 saturated carbocycles. The normalized spacial score (nSPS) is 12.9. The zero-order valence-electron chi connectivity index (χ0n) is 15.4. The van der Waals surface area contributed by atoms with Crippen LogP contribution in [-0.2, 0) is 31.9 Å². The number of hydrogen-bond donors (Lipinski definition) is 0. The van der Waals surface area contributed by atoms with E-state index in [-0.39, 0.29) is 0 Å². The highest BCUT2D eigenvalue weighted by atomic mass is 35.5. The summed E-state index contributed by atoms with van der Waals surface area (Å²) in [5.41, 5.74) is 1.95. The highest BCUT2D eigenvalue weighted by Crippen LogP contribution is 2.37. The molecule has 2 aromatic rings. The Morgan fingerprint density at radius 2 is 1.07 bits per heavy atom. The largest absolute Gasteiger partial charge is 0.468 e. The number of ether oxygens (including phenoxy) is 2. The van der Waals surface area contributed by atoms with Gasteiger partial charge in [0, 0.05) is 9.79 Å². The molecule has 28 heavy (non-hydrogen) atoms. The number of benzene rings is 2. The third-order valence-corrected chi connectivity index (χ3v) is 6.91. The summed E-state index contributed by atoms with van der Waals surface area (Å²) in [6, 6.07) is 15.8. The van der Waals surface area contributed by atoms with Gasteiger partial charge in [0.15, 0.2) is 0 Å². The van der Waals surface area contributed by atoms with Gasteiger partial charge in [-0.25, -0.2) is 0 Å². The van der Waals surface area contributed by atoms with Crippen LogP contribution in [0.5, 0.6) is 0 Å². The van der Waals surface area contributed by atoms with Crippen LogP contribution in [0.4, 0.5) is 0 Å². The lowest BCUT2D eigenvalue weighted by Gasteiger charge is -2.09. The maximum Gasteiger partial charge on any atom is 0.324 e. The Morgan fingerprint density at radius 3 is 1.36 bits per heavy atom. The number of alkyl halides is 2. The molecule has 0 radical (unpaired) electrons. The van der Waals surface area contributed by atoms with Gasteiger partial charge in [-0.1, -0.05) is 45.9 Å². The van der Waals surface area contributed by atoms with E-state index >= 15 is 0 Å². The molecule has 2 atom stereocenters. The number of carbonyl (C=O) groups is 2. The maximum absolute atomic E-state index is 11.4. The fraction of sp³-hybridized carbons (Fsp3) is 0.300. The van der Waals surface area contributed by atoms with Crippen LogP contribution in [0.15, 0.2) is 58.3 Å². The molecule has 0 aromatic heterocycles. The summed E-state index contributed by atoms with van der Waals surface area (Å²) in [6.07, 6.45) is 0.863. The van der Waals surface area contributed by atoms with Crippen molar-refractivity contribution in [1.29, 1.82) is 0 Å². The number of esters is 2. The molecule has 0 bridgehead atoms. The molecule has 8 heteroatoms. The highest BCUT2D eigenvalue weighted by Gasteiger charge is 2.17. The first-order valence-corrected chi connectivity index (χ1v) is 11.4. The molecule has 2 aromatic carbocycles. The van der Waals surface area contributed by atoms with E-state index in [4.69, 9.17) is 23.2 Å². The van der Waals surface area contributed by atoms with E-state index in [9.17, 15) is 9.59 Å². The quantitative estimate of drug-likeness (QED) is 0.294. The van der Waals surface area contributed by atoms with Gasteiger partial charge in [-0.15, -0.1) is 23.2 Å². The van der Waals surface area contributed by atoms with Gasteiger partial charge in [0.05, 0.1) is 14.2 Å². The Balaban J connectivity index is 1.85. The Kier molecular flexibility index (Phi) is 9.51. The molecule has 2 unspecified atom stereocenters. The van der Waals surface area contributed by atoms with Gasteiger partial charge in [-0.3, -0.25) is 9.59 Å². The summed E-state index contributed by atoms with van der Waals surface area (Å²) < 4.78 is 9.27. The van der Waals surface area contributed by atoms with Gasteiger partial charge >= 0.3 is 11.9 Å². The molecule has 2 rings (SSSR count). The first kappa shape index (κ1) is 22.9. The fourth-order valence-corrected chi connectivity index (χ4v) is 4.76. The molecule has 0 spiro atoms. The van der Waals surface area contributed by atoms with Gasteiger partial charge < -0.3 is 9.47 Å². The third-order valence-electron chi connectivity index (χ3n) is 3.82. The topological polar surface area (TPSA) is 52.6 Å². The Bertz CT molecular complexity index is 714. The van der Waals surface area contributed by atoms with Gasteiger partial charge in [-0.05, 0) is 48.2 Å². The van der Waals surface area contributed by atoms with Gasteiger partial charge in [0.2, 0.25) is 0 Å². The Hall–Kier alpha value is -1.34. The van der Waals surface area contributed by atoms with Crippen molar-refractivity contribution in [2.75, 3.05) is 14.2 Å². The number of methoxy groups -OCH3 is 2. The molecule has 0 fully saturated rings. The van der Waals surface area contributed by atoms with Crippen molar-refractivity contribution >= 4 is 56.7 Å². The summed E-state index contributed by atoms with van der Waals surface area (Å²) in [6.45, 7) is 0. The molecule has 0 N–H and O–H groups in total. The van der Waals surface area contributed by atoms with Crippen LogP contribution in [0.1, 0.15) is 11.1 Å². The van der Waals surface area contributed by atoms with Crippen LogP contribution >= 0.6 is 44.8 Å². The summed E-state index contributed by atoms with van der Waals surface area (Å²) in [5, 5.41) is -1.36. The molecular formula is C20H20Cl2O4S2. The summed E-state index contributed by atoms with van der Waals surface area (Å²) in [4.78, 5) is 24.9. The molecule has 0 heterocycles. The van der Waals surface area contributed by atoms with Gasteiger partial charge in [0.25, 0.3) is 0 Å². The average molecular weight is 459 g/mol. The molecular weight excluding hydrogens is 439 g/mol. The first-order valence-electron chi connectivity index (χ1n) is 8.39. The second kappa shape index (κ2) is 11.6. The zero-order chi connectivity index (χ0) is 20.5. The lowest BCUT2D eigenvalue weighted by molar-refractivity contribution is -0.141. The Morgan fingerprint density at radius 1 is 0.750 bits per heavy atom. The van der Waals surface area contributed by atoms with Crippen molar-refractivity contribution < 1.29 is 19.1 Å². The monoisotopic (exact) mass is 458 g/mol. The van der Waals surface area contributed by atoms with Crippen LogP contribution in [0, 0.1) is 0 Å². The lowest BCUT2D eigenvalue weighted by atomic mass is 10.1. The van der Waals surface area contributed by atoms with Crippen molar-refractivity contribution in [3.05, 3.63) is 59.7 Å². The predicted octanol–water partition coefficient (Wildman–Crippen LogP) is 5.13. The minimum absolute atomic E-state index is 0.425. The zero-order valence-corrected chi connectivity index (χ0v) is 18.5. The number of rotatable bonds is 9. The van der Waals surface area contributed by atoms with E-state index in [0.717, 1.165) is 20.9 Å². The molecule has 0 aliphatic carbocycles. The number of hydrogen-bond acceptors (Lipinski definition) is 6. The van der Waals surface area contributed by atoms with E-state index in [1.165, 1.54) is 14.2 Å². The summed E-state index contributed by atoms with van der Waals surface area (Å²) in [7, 11) is 5.92. The van der Waals surface area contributed by atoms with Crippen LogP contribution in [0.2, 0.25) is 0 Å². The molecule has 0 amide bonds. The minimum atomic E-state index is -0.678. The van der Waals surface area contributed by atoms with Crippen LogP contribution < -0.4 is 0 Å². The maximum atomic E-state index is 11.4. The SMILES string of the molecule is COC(=O)C(Cl)Cc1ccc(SSc2ccc(CC(Cl)C(=O)OC)cc2)cc1. The van der Waals surface area contributed by atoms with Crippen molar-refractivity contribution in [2.24, 2.45) is 0 Å². The van der Waals surface area contributed by atoms with E-state index < -0.39 is 22.7 Å².